The van der Waals surface area contributed by atoms with Gasteiger partial charge in [-0.05, 0) is 42.8 Å². The number of phenolic OH excluding ortho intramolecular Hbond substituents is 1. The number of H-pyrrole nitrogens is 1. The largest absolute Gasteiger partial charge is 0.507 e. The van der Waals surface area contributed by atoms with Gasteiger partial charge in [-0.3, -0.25) is 54.3 Å². The molecule has 0 unspecified atom stereocenters. The van der Waals surface area contributed by atoms with Gasteiger partial charge in [0.15, 0.2) is 11.4 Å². The Kier molecular flexibility index (Phi) is 15.7. The van der Waals surface area contributed by atoms with Crippen LogP contribution in [-0.2, 0) is 58.0 Å². The van der Waals surface area contributed by atoms with Crippen LogP contribution in [0.2, 0.25) is 0 Å². The lowest BCUT2D eigenvalue weighted by atomic mass is 9.99. The lowest BCUT2D eigenvalue weighted by molar-refractivity contribution is -0.252. The number of amides is 1. The molecule has 0 spiro atoms. The maximum Gasteiger partial charge on any atom is 0.347 e. The maximum absolute atomic E-state index is 13.7. The second-order valence-electron chi connectivity index (χ2n) is 13.5. The molecule has 22 nitrogen and oxygen atoms in total. The van der Waals surface area contributed by atoms with Crippen molar-refractivity contribution in [2.75, 3.05) is 57.9 Å². The Hall–Kier alpha value is -5.66. The number of aromatic nitrogens is 4. The van der Waals surface area contributed by atoms with E-state index in [1.165, 1.54) is 55.1 Å². The van der Waals surface area contributed by atoms with Gasteiger partial charge >= 0.3 is 11.3 Å². The number of carbonyl (C=O) groups excluding carboxylic acids is 2. The Labute approximate surface area is 333 Å². The Morgan fingerprint density at radius 1 is 0.847 bits per heavy atom. The van der Waals surface area contributed by atoms with Crippen molar-refractivity contribution in [1.29, 1.82) is 0 Å². The van der Waals surface area contributed by atoms with E-state index >= 15 is 0 Å². The molecule has 318 valence electrons. The summed E-state index contributed by atoms with van der Waals surface area (Å²) in [5.41, 5.74) is -1.01. The van der Waals surface area contributed by atoms with Crippen LogP contribution in [-0.4, -0.2) is 119 Å². The molecule has 0 aliphatic heterocycles. The number of aryl methyl sites for hydroxylation is 2. The van der Waals surface area contributed by atoms with Crippen LogP contribution in [0.15, 0.2) is 55.2 Å². The Morgan fingerprint density at radius 2 is 1.44 bits per heavy atom. The molecule has 5 rings (SSSR count). The van der Waals surface area contributed by atoms with E-state index < -0.39 is 22.7 Å². The van der Waals surface area contributed by atoms with Crippen molar-refractivity contribution in [3.63, 3.8) is 0 Å². The highest BCUT2D eigenvalue weighted by atomic mass is 17.1. The SMILES string of the molecule is Cn1c(=O)c2[nH]c(CCCC(=O)Nc3ccc(C(=O)c4cc5cc(CN(CCOO)CCOO)c(O)c(CN(CCOO)CCOO)c5oc4=O)cc3)nc2n(C)c1=O. The molecule has 3 heterocycles. The average molecular weight is 828 g/mol. The Morgan fingerprint density at radius 3 is 2.03 bits per heavy atom. The number of carbonyl (C=O) groups is 2. The summed E-state index contributed by atoms with van der Waals surface area (Å²) < 4.78 is 7.93. The van der Waals surface area contributed by atoms with Crippen LogP contribution in [0.3, 0.4) is 0 Å². The van der Waals surface area contributed by atoms with Crippen LogP contribution in [0.25, 0.3) is 22.1 Å². The zero-order chi connectivity index (χ0) is 42.6. The van der Waals surface area contributed by atoms with E-state index in [2.05, 4.69) is 34.8 Å². The molecule has 2 aromatic carbocycles. The fourth-order valence-electron chi connectivity index (χ4n) is 6.49. The van der Waals surface area contributed by atoms with Gasteiger partial charge in [0.2, 0.25) is 5.91 Å². The number of aromatic amines is 1. The number of hydrogen-bond acceptors (Lipinski definition) is 18. The lowest BCUT2D eigenvalue weighted by Gasteiger charge is -2.25. The van der Waals surface area contributed by atoms with E-state index in [-0.39, 0.29) is 123 Å². The van der Waals surface area contributed by atoms with Crippen LogP contribution in [0.4, 0.5) is 5.69 Å². The van der Waals surface area contributed by atoms with Gasteiger partial charge in [-0.2, -0.15) is 0 Å². The summed E-state index contributed by atoms with van der Waals surface area (Å²) in [6.07, 6.45) is 0.791. The molecule has 1 amide bonds. The van der Waals surface area contributed by atoms with Gasteiger partial charge in [-0.25, -0.2) is 34.1 Å². The zero-order valence-corrected chi connectivity index (χ0v) is 32.2. The number of nitrogens with zero attached hydrogens (tertiary/aromatic N) is 5. The molecule has 3 aromatic heterocycles. The highest BCUT2D eigenvalue weighted by Gasteiger charge is 2.24. The third-order valence-electron chi connectivity index (χ3n) is 9.58. The van der Waals surface area contributed by atoms with Gasteiger partial charge in [0.05, 0.1) is 32.0 Å². The molecule has 7 N–H and O–H groups in total. The predicted molar refractivity (Wildman–Crippen MR) is 207 cm³/mol. The number of hydrogen-bond donors (Lipinski definition) is 7. The van der Waals surface area contributed by atoms with Crippen molar-refractivity contribution in [2.24, 2.45) is 14.1 Å². The van der Waals surface area contributed by atoms with Crippen LogP contribution < -0.4 is 22.2 Å². The number of imidazole rings is 1. The van der Waals surface area contributed by atoms with Crippen molar-refractivity contribution in [1.82, 2.24) is 28.9 Å². The van der Waals surface area contributed by atoms with Gasteiger partial charge in [-0.1, -0.05) is 0 Å². The fourth-order valence-corrected chi connectivity index (χ4v) is 6.49. The van der Waals surface area contributed by atoms with E-state index in [4.69, 9.17) is 25.4 Å². The lowest BCUT2D eigenvalue weighted by Crippen LogP contribution is -2.36. The first-order valence-corrected chi connectivity index (χ1v) is 18.3. The van der Waals surface area contributed by atoms with Crippen molar-refractivity contribution in [3.8, 4) is 5.75 Å². The summed E-state index contributed by atoms with van der Waals surface area (Å²) in [6, 6.07) is 8.72. The third-order valence-corrected chi connectivity index (χ3v) is 9.58. The van der Waals surface area contributed by atoms with Crippen molar-refractivity contribution in [3.05, 3.63) is 95.7 Å². The van der Waals surface area contributed by atoms with Crippen LogP contribution in [0.5, 0.6) is 5.75 Å². The predicted octanol–water partition coefficient (Wildman–Crippen LogP) is 1.53. The van der Waals surface area contributed by atoms with E-state index in [1.807, 2.05) is 0 Å². The second kappa shape index (κ2) is 20.9. The summed E-state index contributed by atoms with van der Waals surface area (Å²) in [5.74, 6) is -0.836. The fraction of sp³-hybridized carbons (Fsp3) is 0.405. The second-order valence-corrected chi connectivity index (χ2v) is 13.5. The van der Waals surface area contributed by atoms with Crippen molar-refractivity contribution < 1.29 is 59.7 Å². The van der Waals surface area contributed by atoms with E-state index in [0.717, 1.165) is 4.57 Å². The van der Waals surface area contributed by atoms with Gasteiger partial charge in [-0.15, -0.1) is 0 Å². The number of aromatic hydroxyl groups is 1. The molecule has 0 aliphatic rings. The van der Waals surface area contributed by atoms with E-state index in [9.17, 15) is 29.1 Å². The number of benzene rings is 2. The van der Waals surface area contributed by atoms with Crippen LogP contribution in [0, 0.1) is 0 Å². The highest BCUT2D eigenvalue weighted by Crippen LogP contribution is 2.33. The molecule has 0 fully saturated rings. The number of anilines is 1. The van der Waals surface area contributed by atoms with Crippen LogP contribution in [0.1, 0.15) is 45.7 Å². The topological polar surface area (TPSA) is 294 Å². The molecular weight excluding hydrogens is 782 g/mol. The maximum atomic E-state index is 13.7. The summed E-state index contributed by atoms with van der Waals surface area (Å²) in [4.78, 5) is 92.0. The molecule has 0 radical (unpaired) electrons. The normalized spacial score (nSPS) is 11.7. The first-order valence-electron chi connectivity index (χ1n) is 18.3. The number of rotatable bonds is 23. The quantitative estimate of drug-likeness (QED) is 0.0213. The molecule has 0 bridgehead atoms. The van der Waals surface area contributed by atoms with Crippen molar-refractivity contribution >= 4 is 39.5 Å². The third kappa shape index (κ3) is 10.9. The minimum Gasteiger partial charge on any atom is -0.507 e. The average Bonchev–Trinajstić information content (AvgIpc) is 3.66. The first-order chi connectivity index (χ1) is 28.4. The summed E-state index contributed by atoms with van der Waals surface area (Å²) in [7, 11) is 2.88. The zero-order valence-electron chi connectivity index (χ0n) is 32.2. The number of fused-ring (bicyclic) bond motifs is 2. The molecule has 59 heavy (non-hydrogen) atoms. The van der Waals surface area contributed by atoms with Gasteiger partial charge in [0.1, 0.15) is 28.2 Å². The molecule has 5 aromatic rings. The van der Waals surface area contributed by atoms with Gasteiger partial charge in [0, 0.05) is 88.4 Å². The number of ketones is 1. The molecule has 0 aliphatic carbocycles. The molecular formula is C37H45N7O15. The van der Waals surface area contributed by atoms with E-state index in [1.54, 1.807) is 9.80 Å². The molecule has 22 heteroatoms. The summed E-state index contributed by atoms with van der Waals surface area (Å²) in [5, 5.41) is 50.3. The Bertz CT molecular complexity index is 2410. The molecule has 0 atom stereocenters. The number of nitrogens with one attached hydrogen (secondary N) is 2. The van der Waals surface area contributed by atoms with Gasteiger partial charge in [0.25, 0.3) is 5.56 Å². The summed E-state index contributed by atoms with van der Waals surface area (Å²) in [6.45, 7) is -0.0740. The standard InChI is InChI=1S/C37H45N7O15/c1-41-34-30(35(48)42(2)37(41)50)39-28(40-34)4-3-5-29(45)38-25-8-6-22(7-9-25)31(46)26-19-23-18-24(20-43(10-14-55-51)11-15-56-52)32(47)27(33(23)59-36(26)49)21-44(12-16-57-53)13-17-58-54/h6-9,18-19,47,51-54H,3-5,10-17,20-21H2,1-2H3,(H,38,45)(H,39,40). The van der Waals surface area contributed by atoms with E-state index in [0.29, 0.717) is 29.9 Å². The Balaban J connectivity index is 1.35. The smallest absolute Gasteiger partial charge is 0.347 e. The highest BCUT2D eigenvalue weighted by molar-refractivity contribution is 6.10. The monoisotopic (exact) mass is 827 g/mol. The molecule has 0 saturated carbocycles. The van der Waals surface area contributed by atoms with Gasteiger partial charge < -0.3 is 19.8 Å². The van der Waals surface area contributed by atoms with Crippen molar-refractivity contribution in [2.45, 2.75) is 32.4 Å². The minimum atomic E-state index is -0.994. The molecule has 0 saturated heterocycles. The van der Waals surface area contributed by atoms with Crippen LogP contribution >= 0.6 is 0 Å². The minimum absolute atomic E-state index is 0.0277. The number of phenols is 1. The summed E-state index contributed by atoms with van der Waals surface area (Å²) >= 11 is 0. The first kappa shape index (κ1) is 44.4.